The number of thiazole rings is 1. The molecule has 2 aromatic heterocycles. The third-order valence-electron chi connectivity index (χ3n) is 3.93. The predicted molar refractivity (Wildman–Crippen MR) is 110 cm³/mol. The van der Waals surface area contributed by atoms with Crippen LogP contribution in [0.4, 0.5) is 5.82 Å². The molecule has 0 fully saturated rings. The molecule has 0 aliphatic carbocycles. The normalized spacial score (nSPS) is 11.2. The molecule has 0 saturated heterocycles. The summed E-state index contributed by atoms with van der Waals surface area (Å²) in [5.74, 6) is 0.344. The number of nitrogens with two attached hydrogens (primary N) is 2. The first-order valence-corrected chi connectivity index (χ1v) is 10.5. The molecule has 0 aliphatic heterocycles. The van der Waals surface area contributed by atoms with Crippen LogP contribution in [0.2, 0.25) is 0 Å². The molecule has 28 heavy (non-hydrogen) atoms. The van der Waals surface area contributed by atoms with Gasteiger partial charge in [-0.1, -0.05) is 30.3 Å². The van der Waals surface area contributed by atoms with E-state index >= 15 is 0 Å². The number of nitrogen functional groups attached to an aromatic ring is 1. The first kappa shape index (κ1) is 20.0. The number of anilines is 1. The van der Waals surface area contributed by atoms with Gasteiger partial charge < -0.3 is 11.5 Å². The van der Waals surface area contributed by atoms with Gasteiger partial charge in [0.1, 0.15) is 5.01 Å². The molecular formula is C18H19N5O3S2. The van der Waals surface area contributed by atoms with Crippen LogP contribution in [0.15, 0.2) is 53.4 Å². The van der Waals surface area contributed by atoms with E-state index in [0.29, 0.717) is 33.2 Å². The van der Waals surface area contributed by atoms with E-state index < -0.39 is 10.1 Å². The van der Waals surface area contributed by atoms with Crippen LogP contribution < -0.4 is 11.5 Å². The second-order valence-corrected chi connectivity index (χ2v) is 8.37. The molecule has 0 radical (unpaired) electrons. The van der Waals surface area contributed by atoms with E-state index in [4.69, 9.17) is 16.0 Å². The van der Waals surface area contributed by atoms with Crippen LogP contribution in [0.3, 0.4) is 0 Å². The van der Waals surface area contributed by atoms with Gasteiger partial charge in [0.15, 0.2) is 5.82 Å². The van der Waals surface area contributed by atoms with Gasteiger partial charge in [-0.2, -0.15) is 13.5 Å². The van der Waals surface area contributed by atoms with Crippen molar-refractivity contribution < 1.29 is 13.0 Å². The highest BCUT2D eigenvalue weighted by atomic mass is 32.2. The van der Waals surface area contributed by atoms with Gasteiger partial charge in [0.2, 0.25) is 0 Å². The molecule has 0 atom stereocenters. The average molecular weight is 418 g/mol. The number of aryl methyl sites for hydroxylation is 1. The van der Waals surface area contributed by atoms with Crippen molar-refractivity contribution in [2.75, 3.05) is 5.73 Å². The Morgan fingerprint density at radius 1 is 1.18 bits per heavy atom. The summed E-state index contributed by atoms with van der Waals surface area (Å²) in [5.41, 5.74) is 14.5. The minimum Gasteiger partial charge on any atom is -0.382 e. The van der Waals surface area contributed by atoms with E-state index in [1.807, 2.05) is 37.3 Å². The molecule has 0 unspecified atom stereocenters. The highest BCUT2D eigenvalue weighted by Crippen LogP contribution is 2.35. The van der Waals surface area contributed by atoms with E-state index in [2.05, 4.69) is 15.2 Å². The summed E-state index contributed by atoms with van der Waals surface area (Å²) >= 11 is 1.29. The van der Waals surface area contributed by atoms with Gasteiger partial charge in [0.25, 0.3) is 10.1 Å². The van der Waals surface area contributed by atoms with Crippen LogP contribution in [0.5, 0.6) is 0 Å². The van der Waals surface area contributed by atoms with Gasteiger partial charge in [-0.25, -0.2) is 4.98 Å². The number of H-pyrrole nitrogens is 1. The fourth-order valence-electron chi connectivity index (χ4n) is 2.50. The molecule has 0 bridgehead atoms. The molecule has 0 saturated carbocycles. The van der Waals surface area contributed by atoms with E-state index in [-0.39, 0.29) is 4.90 Å². The summed E-state index contributed by atoms with van der Waals surface area (Å²) in [4.78, 5) is 4.25. The summed E-state index contributed by atoms with van der Waals surface area (Å²) in [6.45, 7) is 2.47. The van der Waals surface area contributed by atoms with Crippen molar-refractivity contribution >= 4 is 37.5 Å². The van der Waals surface area contributed by atoms with Crippen molar-refractivity contribution in [3.8, 4) is 10.6 Å². The van der Waals surface area contributed by atoms with Crippen LogP contribution in [0, 0.1) is 6.92 Å². The number of aromatic amines is 1. The molecule has 0 aliphatic rings. The molecular weight excluding hydrogens is 398 g/mol. The van der Waals surface area contributed by atoms with Crippen molar-refractivity contribution in [3.63, 3.8) is 0 Å². The Labute approximate surface area is 166 Å². The van der Waals surface area contributed by atoms with Crippen molar-refractivity contribution in [2.24, 2.45) is 5.73 Å². The summed E-state index contributed by atoms with van der Waals surface area (Å²) in [7, 11) is -4.22. The monoisotopic (exact) mass is 417 g/mol. The first-order valence-electron chi connectivity index (χ1n) is 8.22. The second-order valence-electron chi connectivity index (χ2n) is 5.92. The summed E-state index contributed by atoms with van der Waals surface area (Å²) in [6, 6.07) is 14.2. The zero-order valence-electron chi connectivity index (χ0n) is 15.0. The predicted octanol–water partition coefficient (Wildman–Crippen LogP) is 2.97. The molecule has 4 rings (SSSR count). The topological polar surface area (TPSA) is 148 Å². The van der Waals surface area contributed by atoms with Crippen LogP contribution >= 0.6 is 11.3 Å². The number of hydrogen-bond acceptors (Lipinski definition) is 7. The number of benzene rings is 2. The number of nitrogens with zero attached hydrogens (tertiary/aromatic N) is 2. The van der Waals surface area contributed by atoms with E-state index in [9.17, 15) is 8.42 Å². The minimum absolute atomic E-state index is 0.155. The minimum atomic E-state index is -4.22. The Morgan fingerprint density at radius 3 is 2.43 bits per heavy atom. The van der Waals surface area contributed by atoms with Gasteiger partial charge >= 0.3 is 0 Å². The maximum absolute atomic E-state index is 11.1. The fraction of sp³-hybridized carbons (Fsp3) is 0.111. The van der Waals surface area contributed by atoms with Gasteiger partial charge in [-0.3, -0.25) is 9.65 Å². The summed E-state index contributed by atoms with van der Waals surface area (Å²) in [6.07, 6.45) is 0. The van der Waals surface area contributed by atoms with Crippen LogP contribution in [-0.2, 0) is 16.7 Å². The smallest absolute Gasteiger partial charge is 0.294 e. The Balaban J connectivity index is 0.000000236. The summed E-state index contributed by atoms with van der Waals surface area (Å²) in [5, 5.41) is 7.32. The zero-order chi connectivity index (χ0) is 20.3. The van der Waals surface area contributed by atoms with Crippen LogP contribution in [0.1, 0.15) is 11.3 Å². The van der Waals surface area contributed by atoms with E-state index in [0.717, 1.165) is 5.69 Å². The quantitative estimate of drug-likeness (QED) is 0.374. The van der Waals surface area contributed by atoms with Crippen molar-refractivity contribution in [3.05, 3.63) is 59.8 Å². The van der Waals surface area contributed by atoms with Crippen molar-refractivity contribution in [1.29, 1.82) is 0 Å². The van der Waals surface area contributed by atoms with Crippen molar-refractivity contribution in [1.82, 2.24) is 15.2 Å². The third-order valence-corrected chi connectivity index (χ3v) is 5.81. The lowest BCUT2D eigenvalue weighted by Gasteiger charge is -1.94. The lowest BCUT2D eigenvalue weighted by molar-refractivity contribution is 0.483. The van der Waals surface area contributed by atoms with Gasteiger partial charge in [-0.15, -0.1) is 11.3 Å². The number of fused-ring (bicyclic) bond motifs is 1. The highest BCUT2D eigenvalue weighted by Gasteiger charge is 2.16. The van der Waals surface area contributed by atoms with Crippen molar-refractivity contribution in [2.45, 2.75) is 18.4 Å². The Hall–Kier alpha value is -2.79. The SMILES string of the molecule is Cc1[nH]nc(N)c1-c1nc2ccc(S(=O)(=O)O)cc2s1.NCc1ccccc1. The molecule has 2 heterocycles. The zero-order valence-corrected chi connectivity index (χ0v) is 16.6. The Kier molecular flexibility index (Phi) is 5.75. The molecule has 10 heteroatoms. The molecule has 8 nitrogen and oxygen atoms in total. The maximum atomic E-state index is 11.1. The molecule has 146 valence electrons. The molecule has 6 N–H and O–H groups in total. The average Bonchev–Trinajstić information content (AvgIpc) is 3.23. The van der Waals surface area contributed by atoms with Gasteiger partial charge in [-0.05, 0) is 30.7 Å². The first-order chi connectivity index (χ1) is 13.3. The van der Waals surface area contributed by atoms with E-state index in [1.54, 1.807) is 6.07 Å². The standard InChI is InChI=1S/C11H10N4O3S2.C7H9N/c1-5-9(10(12)15-14-5)11-13-7-3-2-6(20(16,17)18)4-8(7)19-11;8-6-7-4-2-1-3-5-7/h2-4H,1H3,(H3,12,14,15)(H,16,17,18);1-5H,6,8H2. The molecule has 2 aromatic carbocycles. The lowest BCUT2D eigenvalue weighted by Crippen LogP contribution is -1.96. The second kappa shape index (κ2) is 8.07. The fourth-order valence-corrected chi connectivity index (χ4v) is 4.20. The number of aromatic nitrogens is 3. The Morgan fingerprint density at radius 2 is 1.89 bits per heavy atom. The lowest BCUT2D eigenvalue weighted by atomic mass is 10.2. The van der Waals surface area contributed by atoms with Gasteiger partial charge in [0, 0.05) is 12.2 Å². The number of rotatable bonds is 3. The highest BCUT2D eigenvalue weighted by molar-refractivity contribution is 7.85. The number of nitrogens with one attached hydrogen (secondary N) is 1. The van der Waals surface area contributed by atoms with E-state index in [1.165, 1.54) is 29.0 Å². The number of hydrogen-bond donors (Lipinski definition) is 4. The molecule has 4 aromatic rings. The van der Waals surface area contributed by atoms with Crippen LogP contribution in [0.25, 0.3) is 20.8 Å². The van der Waals surface area contributed by atoms with Gasteiger partial charge in [0.05, 0.1) is 20.7 Å². The summed E-state index contributed by atoms with van der Waals surface area (Å²) < 4.78 is 31.9. The van der Waals surface area contributed by atoms with Crippen LogP contribution in [-0.4, -0.2) is 28.2 Å². The molecule has 0 amide bonds. The largest absolute Gasteiger partial charge is 0.382 e. The Bertz CT molecular complexity index is 1180. The maximum Gasteiger partial charge on any atom is 0.294 e. The third kappa shape index (κ3) is 4.37. The molecule has 0 spiro atoms.